The number of para-hydroxylation sites is 1. The Morgan fingerprint density at radius 1 is 1.11 bits per heavy atom. The predicted octanol–water partition coefficient (Wildman–Crippen LogP) is 5.45. The number of thiazole rings is 1. The van der Waals surface area contributed by atoms with Gasteiger partial charge in [0.15, 0.2) is 5.13 Å². The molecule has 3 aromatic rings. The van der Waals surface area contributed by atoms with Crippen LogP contribution in [0.3, 0.4) is 0 Å². The van der Waals surface area contributed by atoms with E-state index < -0.39 is 0 Å². The Labute approximate surface area is 188 Å². The summed E-state index contributed by atoms with van der Waals surface area (Å²) in [5.74, 6) is -0.466. The van der Waals surface area contributed by atoms with E-state index in [9.17, 15) is 9.18 Å². The second kappa shape index (κ2) is 10.5. The Hall–Kier alpha value is -1.29. The summed E-state index contributed by atoms with van der Waals surface area (Å²) in [6.07, 6.45) is 0. The number of anilines is 1. The average molecular weight is 534 g/mol. The summed E-state index contributed by atoms with van der Waals surface area (Å²) < 4.78 is 15.7. The molecule has 0 spiro atoms. The molecule has 4 nitrogen and oxygen atoms in total. The third-order valence-corrected chi connectivity index (χ3v) is 6.46. The lowest BCUT2D eigenvalue weighted by molar-refractivity contribution is 0.0983. The zero-order valence-electron chi connectivity index (χ0n) is 15.7. The molecular formula is C20H22ClFIN3OS. The van der Waals surface area contributed by atoms with E-state index in [1.165, 1.54) is 17.4 Å². The second-order valence-corrected chi connectivity index (χ2v) is 8.22. The van der Waals surface area contributed by atoms with Crippen LogP contribution in [0.25, 0.3) is 10.2 Å². The molecule has 0 aliphatic rings. The minimum atomic E-state index is -0.361. The first kappa shape index (κ1) is 23.0. The molecule has 3 rings (SSSR count). The van der Waals surface area contributed by atoms with Gasteiger partial charge in [-0.15, -0.1) is 12.4 Å². The predicted molar refractivity (Wildman–Crippen MR) is 125 cm³/mol. The van der Waals surface area contributed by atoms with Gasteiger partial charge in [0, 0.05) is 16.7 Å². The van der Waals surface area contributed by atoms with Crippen LogP contribution in [0.2, 0.25) is 0 Å². The van der Waals surface area contributed by atoms with E-state index in [0.717, 1.165) is 27.9 Å². The Morgan fingerprint density at radius 3 is 2.46 bits per heavy atom. The summed E-state index contributed by atoms with van der Waals surface area (Å²) >= 11 is 3.52. The highest BCUT2D eigenvalue weighted by molar-refractivity contribution is 14.1. The maximum absolute atomic E-state index is 14.1. The number of carbonyl (C=O) groups is 1. The molecule has 28 heavy (non-hydrogen) atoms. The van der Waals surface area contributed by atoms with Crippen LogP contribution in [0.15, 0.2) is 42.5 Å². The molecule has 0 N–H and O–H groups in total. The average Bonchev–Trinajstić information content (AvgIpc) is 3.10. The smallest absolute Gasteiger partial charge is 0.261 e. The normalized spacial score (nSPS) is 10.9. The van der Waals surface area contributed by atoms with E-state index in [4.69, 9.17) is 0 Å². The first-order chi connectivity index (χ1) is 13.0. The van der Waals surface area contributed by atoms with E-state index in [0.29, 0.717) is 22.8 Å². The van der Waals surface area contributed by atoms with Gasteiger partial charge in [0.05, 0.1) is 10.3 Å². The molecule has 0 radical (unpaired) electrons. The summed E-state index contributed by atoms with van der Waals surface area (Å²) in [6.45, 7) is 7.27. The van der Waals surface area contributed by atoms with E-state index in [1.807, 2.05) is 30.3 Å². The highest BCUT2D eigenvalue weighted by Crippen LogP contribution is 2.31. The molecule has 0 fully saturated rings. The number of hydrogen-bond donors (Lipinski definition) is 0. The van der Waals surface area contributed by atoms with Crippen molar-refractivity contribution in [2.75, 3.05) is 31.1 Å². The molecule has 0 bridgehead atoms. The highest BCUT2D eigenvalue weighted by atomic mass is 127. The van der Waals surface area contributed by atoms with Crippen molar-refractivity contribution in [3.63, 3.8) is 0 Å². The summed E-state index contributed by atoms with van der Waals surface area (Å²) in [4.78, 5) is 21.7. The van der Waals surface area contributed by atoms with Gasteiger partial charge < -0.3 is 4.90 Å². The van der Waals surface area contributed by atoms with Crippen LogP contribution in [0.1, 0.15) is 24.2 Å². The van der Waals surface area contributed by atoms with Crippen molar-refractivity contribution >= 4 is 67.6 Å². The first-order valence-electron chi connectivity index (χ1n) is 8.89. The van der Waals surface area contributed by atoms with Crippen LogP contribution in [0.5, 0.6) is 0 Å². The van der Waals surface area contributed by atoms with Crippen molar-refractivity contribution in [1.82, 2.24) is 9.88 Å². The summed E-state index contributed by atoms with van der Waals surface area (Å²) in [7, 11) is 0. The fourth-order valence-electron chi connectivity index (χ4n) is 2.86. The number of benzene rings is 2. The number of fused-ring (bicyclic) bond motifs is 1. The molecule has 0 saturated carbocycles. The van der Waals surface area contributed by atoms with Crippen LogP contribution >= 0.6 is 46.3 Å². The molecule has 1 amide bonds. The number of carbonyl (C=O) groups excluding carboxylic acids is 1. The van der Waals surface area contributed by atoms with Crippen molar-refractivity contribution < 1.29 is 9.18 Å². The second-order valence-electron chi connectivity index (χ2n) is 6.05. The third kappa shape index (κ3) is 5.00. The molecule has 0 unspecified atom stereocenters. The van der Waals surface area contributed by atoms with Crippen LogP contribution < -0.4 is 4.90 Å². The zero-order chi connectivity index (χ0) is 19.4. The fraction of sp³-hybridized carbons (Fsp3) is 0.300. The number of hydrogen-bond acceptors (Lipinski definition) is 4. The monoisotopic (exact) mass is 533 g/mol. The number of amides is 1. The molecular weight excluding hydrogens is 512 g/mol. The number of aromatic nitrogens is 1. The van der Waals surface area contributed by atoms with E-state index in [1.54, 1.807) is 11.0 Å². The summed E-state index contributed by atoms with van der Waals surface area (Å²) in [6, 6.07) is 12.4. The maximum atomic E-state index is 14.1. The van der Waals surface area contributed by atoms with E-state index in [2.05, 4.69) is 46.3 Å². The zero-order valence-corrected chi connectivity index (χ0v) is 19.5. The van der Waals surface area contributed by atoms with Gasteiger partial charge in [-0.2, -0.15) is 0 Å². The van der Waals surface area contributed by atoms with Crippen molar-refractivity contribution in [2.24, 2.45) is 0 Å². The third-order valence-electron chi connectivity index (χ3n) is 4.47. The summed E-state index contributed by atoms with van der Waals surface area (Å²) in [5, 5.41) is 0.534. The fourth-order valence-corrected chi connectivity index (χ4v) is 4.49. The Morgan fingerprint density at radius 2 is 1.82 bits per heavy atom. The van der Waals surface area contributed by atoms with Gasteiger partial charge >= 0.3 is 0 Å². The molecule has 0 saturated heterocycles. The largest absolute Gasteiger partial charge is 0.302 e. The van der Waals surface area contributed by atoms with E-state index in [-0.39, 0.29) is 24.1 Å². The van der Waals surface area contributed by atoms with Gasteiger partial charge in [0.25, 0.3) is 5.91 Å². The quantitative estimate of drug-likeness (QED) is 0.379. The molecule has 0 aliphatic carbocycles. The SMILES string of the molecule is CCN(CC)CCN(C(=O)c1ccccc1I)c1nc2c(F)cccc2s1.Cl. The highest BCUT2D eigenvalue weighted by Gasteiger charge is 2.23. The Kier molecular flexibility index (Phi) is 8.60. The lowest BCUT2D eigenvalue weighted by Crippen LogP contribution is -2.39. The number of halogens is 3. The van der Waals surface area contributed by atoms with Crippen LogP contribution in [0, 0.1) is 9.39 Å². The van der Waals surface area contributed by atoms with Gasteiger partial charge in [-0.3, -0.25) is 9.69 Å². The van der Waals surface area contributed by atoms with Gasteiger partial charge in [-0.1, -0.05) is 43.4 Å². The lowest BCUT2D eigenvalue weighted by Gasteiger charge is -2.25. The number of nitrogens with zero attached hydrogens (tertiary/aromatic N) is 3. The Bertz CT molecular complexity index is 948. The topological polar surface area (TPSA) is 36.4 Å². The molecule has 2 aromatic carbocycles. The molecule has 1 aromatic heterocycles. The minimum Gasteiger partial charge on any atom is -0.302 e. The minimum absolute atomic E-state index is 0. The van der Waals surface area contributed by atoms with Gasteiger partial charge in [-0.25, -0.2) is 9.37 Å². The number of rotatable bonds is 7. The molecule has 8 heteroatoms. The van der Waals surface area contributed by atoms with Crippen molar-refractivity contribution in [2.45, 2.75) is 13.8 Å². The standard InChI is InChI=1S/C20H21FIN3OS.ClH/c1-3-24(4-2)12-13-25(19(26)14-8-5-6-10-16(14)22)20-23-18-15(21)9-7-11-17(18)27-20;/h5-11H,3-4,12-13H2,1-2H3;1H. The van der Waals surface area contributed by atoms with Crippen LogP contribution in [-0.4, -0.2) is 42.0 Å². The molecule has 0 atom stereocenters. The van der Waals surface area contributed by atoms with Gasteiger partial charge in [0.1, 0.15) is 11.3 Å². The van der Waals surface area contributed by atoms with Gasteiger partial charge in [-0.05, 0) is 59.9 Å². The van der Waals surface area contributed by atoms with Crippen molar-refractivity contribution in [1.29, 1.82) is 0 Å². The van der Waals surface area contributed by atoms with Crippen molar-refractivity contribution in [3.05, 3.63) is 57.4 Å². The van der Waals surface area contributed by atoms with Crippen LogP contribution in [-0.2, 0) is 0 Å². The summed E-state index contributed by atoms with van der Waals surface area (Å²) in [5.41, 5.74) is 0.957. The van der Waals surface area contributed by atoms with E-state index >= 15 is 0 Å². The Balaban J connectivity index is 0.00000280. The number of likely N-dealkylation sites (N-methyl/N-ethyl adjacent to an activating group) is 1. The molecule has 1 heterocycles. The van der Waals surface area contributed by atoms with Crippen molar-refractivity contribution in [3.8, 4) is 0 Å². The van der Waals surface area contributed by atoms with Crippen LogP contribution in [0.4, 0.5) is 9.52 Å². The molecule has 0 aliphatic heterocycles. The lowest BCUT2D eigenvalue weighted by atomic mass is 10.2. The molecule has 150 valence electrons. The van der Waals surface area contributed by atoms with Gasteiger partial charge in [0.2, 0.25) is 0 Å². The maximum Gasteiger partial charge on any atom is 0.261 e. The first-order valence-corrected chi connectivity index (χ1v) is 10.8.